The Morgan fingerprint density at radius 3 is 2.51 bits per heavy atom. The molecule has 2 aliphatic rings. The minimum atomic E-state index is -0.987. The largest absolute Gasteiger partial charge is 0.493 e. The predicted octanol–water partition coefficient (Wildman–Crippen LogP) is 3.05. The number of hydrogen-bond acceptors (Lipinski definition) is 9. The fraction of sp³-hybridized carbons (Fsp3) is 0.308. The highest BCUT2D eigenvalue weighted by atomic mass is 32.2. The van der Waals surface area contributed by atoms with Gasteiger partial charge in [0.05, 0.1) is 32.3 Å². The first-order valence-electron chi connectivity index (χ1n) is 11.5. The van der Waals surface area contributed by atoms with E-state index in [9.17, 15) is 14.4 Å². The van der Waals surface area contributed by atoms with E-state index >= 15 is 0 Å². The molecule has 0 N–H and O–H groups in total. The van der Waals surface area contributed by atoms with Crippen molar-refractivity contribution in [1.82, 2.24) is 9.80 Å². The molecular weight excluding hydrogens is 516 g/mol. The summed E-state index contributed by atoms with van der Waals surface area (Å²) in [6.45, 7) is 1.99. The summed E-state index contributed by atoms with van der Waals surface area (Å²) in [5, 5.41) is 0. The summed E-state index contributed by atoms with van der Waals surface area (Å²) in [7, 11) is 2.77. The number of carbonyl (C=O) groups excluding carboxylic acids is 3. The van der Waals surface area contributed by atoms with Gasteiger partial charge in [-0.1, -0.05) is 60.4 Å². The zero-order chi connectivity index (χ0) is 26.4. The lowest BCUT2D eigenvalue weighted by atomic mass is 10.1. The van der Waals surface area contributed by atoms with E-state index in [4.69, 9.17) is 31.2 Å². The Balaban J connectivity index is 1.51. The maximum atomic E-state index is 13.3. The molecule has 4 rings (SSSR count). The minimum Gasteiger partial charge on any atom is -0.493 e. The van der Waals surface area contributed by atoms with Crippen LogP contribution in [0.2, 0.25) is 0 Å². The Bertz CT molecular complexity index is 1210. The van der Waals surface area contributed by atoms with Gasteiger partial charge in [-0.3, -0.25) is 14.5 Å². The van der Waals surface area contributed by atoms with Crippen molar-refractivity contribution in [2.75, 3.05) is 47.1 Å². The first-order chi connectivity index (χ1) is 17.9. The first kappa shape index (κ1) is 26.6. The Morgan fingerprint density at radius 1 is 1.11 bits per heavy atom. The van der Waals surface area contributed by atoms with E-state index in [1.165, 1.54) is 19.1 Å². The van der Waals surface area contributed by atoms with Crippen LogP contribution in [-0.2, 0) is 23.9 Å². The molecule has 1 atom stereocenters. The Labute approximate surface area is 224 Å². The molecular formula is C26H26N2O7S2. The Hall–Kier alpha value is -3.41. The normalized spacial score (nSPS) is 17.6. The number of benzene rings is 2. The highest BCUT2D eigenvalue weighted by Gasteiger charge is 2.41. The molecule has 2 heterocycles. The number of carbonyl (C=O) groups is 3. The van der Waals surface area contributed by atoms with Crippen LogP contribution in [0.15, 0.2) is 53.4 Å². The summed E-state index contributed by atoms with van der Waals surface area (Å²) >= 11 is 6.57. The number of amides is 2. The molecule has 1 unspecified atom stereocenters. The Kier molecular flexibility index (Phi) is 8.80. The van der Waals surface area contributed by atoms with Crippen LogP contribution in [0.4, 0.5) is 0 Å². The number of rotatable bonds is 8. The monoisotopic (exact) mass is 542 g/mol. The van der Waals surface area contributed by atoms with Crippen molar-refractivity contribution in [3.63, 3.8) is 0 Å². The highest BCUT2D eigenvalue weighted by Crippen LogP contribution is 2.39. The fourth-order valence-corrected chi connectivity index (χ4v) is 5.24. The second-order valence-corrected chi connectivity index (χ2v) is 9.76. The maximum absolute atomic E-state index is 13.3. The number of thioether (sulfide) groups is 1. The number of morpholine rings is 1. The van der Waals surface area contributed by atoms with Gasteiger partial charge < -0.3 is 23.8 Å². The number of nitrogens with zero attached hydrogens (tertiary/aromatic N) is 2. The van der Waals surface area contributed by atoms with Crippen LogP contribution in [0, 0.1) is 0 Å². The molecule has 2 saturated heterocycles. The third kappa shape index (κ3) is 6.12. The van der Waals surface area contributed by atoms with Crippen molar-refractivity contribution in [1.29, 1.82) is 0 Å². The summed E-state index contributed by atoms with van der Waals surface area (Å²) < 4.78 is 21.7. The van der Waals surface area contributed by atoms with Crippen molar-refractivity contribution in [2.45, 2.75) is 6.04 Å². The van der Waals surface area contributed by atoms with Gasteiger partial charge in [-0.15, -0.1) is 0 Å². The molecule has 37 heavy (non-hydrogen) atoms. The molecule has 194 valence electrons. The number of ether oxygens (including phenoxy) is 4. The van der Waals surface area contributed by atoms with Crippen LogP contribution in [0.5, 0.6) is 11.5 Å². The quantitative estimate of drug-likeness (QED) is 0.283. The zero-order valence-electron chi connectivity index (χ0n) is 20.4. The SMILES string of the molecule is COC(=O)C(c1ccccc1)N1C(=O)/C(=C\c2ccc(OCC(=O)N3CCOCC3)c(OC)c2)SC1=S. The molecule has 9 nitrogen and oxygen atoms in total. The van der Waals surface area contributed by atoms with Crippen LogP contribution in [-0.4, -0.2) is 79.0 Å². The summed E-state index contributed by atoms with van der Waals surface area (Å²) in [4.78, 5) is 41.7. The molecule has 0 radical (unpaired) electrons. The van der Waals surface area contributed by atoms with Crippen LogP contribution in [0.3, 0.4) is 0 Å². The van der Waals surface area contributed by atoms with E-state index in [2.05, 4.69) is 0 Å². The average Bonchev–Trinajstić information content (AvgIpc) is 3.20. The molecule has 11 heteroatoms. The van der Waals surface area contributed by atoms with Crippen LogP contribution < -0.4 is 9.47 Å². The predicted molar refractivity (Wildman–Crippen MR) is 142 cm³/mol. The van der Waals surface area contributed by atoms with Gasteiger partial charge >= 0.3 is 5.97 Å². The second kappa shape index (κ2) is 12.2. The van der Waals surface area contributed by atoms with Gasteiger partial charge in [0.2, 0.25) is 0 Å². The standard InChI is InChI=1S/C26H26N2O7S2/c1-32-20-14-17(8-9-19(20)35-16-22(29)27-10-12-34-13-11-27)15-21-24(30)28(26(36)37-21)23(25(31)33-2)18-6-4-3-5-7-18/h3-9,14-15,23H,10-13,16H2,1-2H3/b21-15+. The smallest absolute Gasteiger partial charge is 0.333 e. The van der Waals surface area contributed by atoms with Crippen molar-refractivity contribution in [2.24, 2.45) is 0 Å². The van der Waals surface area contributed by atoms with E-state index in [-0.39, 0.29) is 16.8 Å². The van der Waals surface area contributed by atoms with Crippen LogP contribution in [0.25, 0.3) is 6.08 Å². The molecule has 2 fully saturated rings. The number of hydrogen-bond donors (Lipinski definition) is 0. The number of thiocarbonyl (C=S) groups is 1. The van der Waals surface area contributed by atoms with Crippen molar-refractivity contribution < 1.29 is 33.3 Å². The van der Waals surface area contributed by atoms with Crippen LogP contribution in [0.1, 0.15) is 17.2 Å². The molecule has 0 bridgehead atoms. The molecule has 2 amide bonds. The third-order valence-corrected chi connectivity index (χ3v) is 7.15. The van der Waals surface area contributed by atoms with E-state index in [0.29, 0.717) is 53.8 Å². The van der Waals surface area contributed by atoms with Gasteiger partial charge in [0.1, 0.15) is 4.32 Å². The summed E-state index contributed by atoms with van der Waals surface area (Å²) in [5.74, 6) is -0.292. The minimum absolute atomic E-state index is 0.122. The van der Waals surface area contributed by atoms with Gasteiger partial charge in [0.15, 0.2) is 24.1 Å². The molecule has 0 aliphatic carbocycles. The first-order valence-corrected chi connectivity index (χ1v) is 12.7. The van der Waals surface area contributed by atoms with Crippen molar-refractivity contribution in [3.8, 4) is 11.5 Å². The van der Waals surface area contributed by atoms with E-state index in [1.807, 2.05) is 6.07 Å². The topological polar surface area (TPSA) is 94.6 Å². The van der Waals surface area contributed by atoms with Crippen molar-refractivity contribution >= 4 is 52.2 Å². The van der Waals surface area contributed by atoms with E-state index < -0.39 is 17.9 Å². The molecule has 0 spiro atoms. The lowest BCUT2D eigenvalue weighted by Crippen LogP contribution is -2.43. The highest BCUT2D eigenvalue weighted by molar-refractivity contribution is 8.26. The maximum Gasteiger partial charge on any atom is 0.333 e. The number of methoxy groups -OCH3 is 2. The van der Waals surface area contributed by atoms with Gasteiger partial charge in [-0.2, -0.15) is 0 Å². The fourth-order valence-electron chi connectivity index (χ4n) is 3.93. The van der Waals surface area contributed by atoms with Gasteiger partial charge in [0, 0.05) is 13.1 Å². The van der Waals surface area contributed by atoms with Crippen molar-refractivity contribution in [3.05, 3.63) is 64.6 Å². The van der Waals surface area contributed by atoms with Gasteiger partial charge in [-0.25, -0.2) is 4.79 Å². The Morgan fingerprint density at radius 2 is 1.84 bits per heavy atom. The summed E-state index contributed by atoms with van der Waals surface area (Å²) in [5.41, 5.74) is 1.26. The second-order valence-electron chi connectivity index (χ2n) is 8.08. The molecule has 2 aromatic carbocycles. The van der Waals surface area contributed by atoms with Crippen LogP contribution >= 0.6 is 24.0 Å². The van der Waals surface area contributed by atoms with Gasteiger partial charge in [-0.05, 0) is 29.3 Å². The molecule has 2 aliphatic heterocycles. The van der Waals surface area contributed by atoms with E-state index in [0.717, 1.165) is 11.8 Å². The lowest BCUT2D eigenvalue weighted by molar-refractivity contribution is -0.148. The number of esters is 1. The lowest BCUT2D eigenvalue weighted by Gasteiger charge is -2.26. The summed E-state index contributed by atoms with van der Waals surface area (Å²) in [6.07, 6.45) is 1.67. The average molecular weight is 543 g/mol. The molecule has 0 aromatic heterocycles. The third-order valence-electron chi connectivity index (χ3n) is 5.82. The molecule has 2 aromatic rings. The molecule has 0 saturated carbocycles. The zero-order valence-corrected chi connectivity index (χ0v) is 22.0. The summed E-state index contributed by atoms with van der Waals surface area (Å²) in [6, 6.07) is 13.0. The van der Waals surface area contributed by atoms with Gasteiger partial charge in [0.25, 0.3) is 11.8 Å². The van der Waals surface area contributed by atoms with E-state index in [1.54, 1.807) is 53.4 Å².